The number of rotatable bonds is 2. The van der Waals surface area contributed by atoms with Gasteiger partial charge in [0.25, 0.3) is 0 Å². The van der Waals surface area contributed by atoms with Crippen molar-refractivity contribution in [3.63, 3.8) is 0 Å². The van der Waals surface area contributed by atoms with Gasteiger partial charge in [0.15, 0.2) is 0 Å². The van der Waals surface area contributed by atoms with Crippen molar-refractivity contribution in [2.24, 2.45) is 0 Å². The highest BCUT2D eigenvalue weighted by Gasteiger charge is 2.31. The second-order valence-electron chi connectivity index (χ2n) is 6.21. The molecule has 0 spiro atoms. The lowest BCUT2D eigenvalue weighted by molar-refractivity contribution is 0.403. The first-order chi connectivity index (χ1) is 8.94. The second-order valence-corrected chi connectivity index (χ2v) is 6.21. The Morgan fingerprint density at radius 1 is 1.37 bits per heavy atom. The van der Waals surface area contributed by atoms with Crippen LogP contribution in [0.15, 0.2) is 18.2 Å². The maximum Gasteiger partial charge on any atom is 0.142 e. The first-order valence-corrected chi connectivity index (χ1v) is 7.10. The van der Waals surface area contributed by atoms with Gasteiger partial charge in [-0.3, -0.25) is 0 Å². The fourth-order valence-corrected chi connectivity index (χ4v) is 2.70. The molecule has 1 atom stereocenters. The molecule has 106 valence electrons. The number of aryl methyl sites for hydroxylation is 1. The highest BCUT2D eigenvalue weighted by molar-refractivity contribution is 5.61. The third-order valence-corrected chi connectivity index (χ3v) is 4.02. The molecule has 1 aliphatic heterocycles. The smallest absolute Gasteiger partial charge is 0.142 e. The van der Waals surface area contributed by atoms with Gasteiger partial charge in [0, 0.05) is 24.7 Å². The van der Waals surface area contributed by atoms with Gasteiger partial charge in [0.2, 0.25) is 0 Å². The van der Waals surface area contributed by atoms with Crippen LogP contribution in [0.5, 0.6) is 5.75 Å². The lowest BCUT2D eigenvalue weighted by Crippen LogP contribution is -2.49. The minimum Gasteiger partial charge on any atom is -0.495 e. The summed E-state index contributed by atoms with van der Waals surface area (Å²) in [6.07, 6.45) is 1.15. The molecule has 19 heavy (non-hydrogen) atoms. The van der Waals surface area contributed by atoms with Gasteiger partial charge in [-0.15, -0.1) is 0 Å². The first-order valence-electron chi connectivity index (χ1n) is 7.10. The quantitative estimate of drug-likeness (QED) is 0.887. The van der Waals surface area contributed by atoms with E-state index in [4.69, 9.17) is 4.74 Å². The Morgan fingerprint density at radius 2 is 2.11 bits per heavy atom. The SMILES string of the molecule is COc1ccc(C)cc1N1CCC(C)NCC1(C)C. The van der Waals surface area contributed by atoms with E-state index in [2.05, 4.69) is 56.1 Å². The average molecular weight is 262 g/mol. The lowest BCUT2D eigenvalue weighted by atomic mass is 10.0. The molecule has 0 aliphatic carbocycles. The molecule has 1 aromatic carbocycles. The normalized spacial score (nSPS) is 23.0. The summed E-state index contributed by atoms with van der Waals surface area (Å²) in [7, 11) is 1.75. The van der Waals surface area contributed by atoms with Crippen LogP contribution in [0.25, 0.3) is 0 Å². The van der Waals surface area contributed by atoms with Crippen LogP contribution in [-0.4, -0.2) is 31.8 Å². The molecule has 3 heteroatoms. The van der Waals surface area contributed by atoms with Gasteiger partial charge in [-0.1, -0.05) is 6.07 Å². The van der Waals surface area contributed by atoms with E-state index in [1.165, 1.54) is 11.3 Å². The monoisotopic (exact) mass is 262 g/mol. The van der Waals surface area contributed by atoms with Crippen molar-refractivity contribution in [1.82, 2.24) is 5.32 Å². The minimum atomic E-state index is 0.0891. The number of benzene rings is 1. The molecule has 1 fully saturated rings. The predicted molar refractivity (Wildman–Crippen MR) is 81.2 cm³/mol. The lowest BCUT2D eigenvalue weighted by Gasteiger charge is -2.39. The molecular formula is C16H26N2O. The first kappa shape index (κ1) is 14.2. The van der Waals surface area contributed by atoms with E-state index >= 15 is 0 Å². The maximum atomic E-state index is 5.55. The summed E-state index contributed by atoms with van der Waals surface area (Å²) in [6, 6.07) is 6.98. The number of hydrogen-bond acceptors (Lipinski definition) is 3. The van der Waals surface area contributed by atoms with Gasteiger partial charge in [0.1, 0.15) is 5.75 Å². The van der Waals surface area contributed by atoms with Crippen LogP contribution < -0.4 is 15.0 Å². The fraction of sp³-hybridized carbons (Fsp3) is 0.625. The van der Waals surface area contributed by atoms with Gasteiger partial charge in [-0.25, -0.2) is 0 Å². The van der Waals surface area contributed by atoms with Crippen LogP contribution in [0, 0.1) is 6.92 Å². The van der Waals surface area contributed by atoms with Gasteiger partial charge < -0.3 is 15.0 Å². The highest BCUT2D eigenvalue weighted by Crippen LogP contribution is 2.34. The third kappa shape index (κ3) is 3.03. The van der Waals surface area contributed by atoms with E-state index in [1.54, 1.807) is 7.11 Å². The number of ether oxygens (including phenoxy) is 1. The standard InChI is InChI=1S/C16H26N2O/c1-12-6-7-15(19-5)14(10-12)18-9-8-13(2)17-11-16(18,3)4/h6-7,10,13,17H,8-9,11H2,1-5H3. The van der Waals surface area contributed by atoms with Crippen LogP contribution in [0.4, 0.5) is 5.69 Å². The molecule has 1 aliphatic rings. The van der Waals surface area contributed by atoms with Gasteiger partial charge in [-0.05, 0) is 51.8 Å². The molecule has 2 rings (SSSR count). The summed E-state index contributed by atoms with van der Waals surface area (Å²) in [5.41, 5.74) is 2.58. The third-order valence-electron chi connectivity index (χ3n) is 4.02. The molecule has 1 heterocycles. The van der Waals surface area contributed by atoms with Crippen molar-refractivity contribution in [3.8, 4) is 5.75 Å². The number of nitrogens with zero attached hydrogens (tertiary/aromatic N) is 1. The number of anilines is 1. The van der Waals surface area contributed by atoms with Crippen molar-refractivity contribution in [3.05, 3.63) is 23.8 Å². The van der Waals surface area contributed by atoms with E-state index in [0.717, 1.165) is 25.3 Å². The van der Waals surface area contributed by atoms with Crippen LogP contribution in [0.3, 0.4) is 0 Å². The zero-order valence-electron chi connectivity index (χ0n) is 12.8. The Labute approximate surface area is 116 Å². The summed E-state index contributed by atoms with van der Waals surface area (Å²) < 4.78 is 5.55. The van der Waals surface area contributed by atoms with Crippen molar-refractivity contribution in [1.29, 1.82) is 0 Å². The largest absolute Gasteiger partial charge is 0.495 e. The topological polar surface area (TPSA) is 24.5 Å². The van der Waals surface area contributed by atoms with Crippen LogP contribution >= 0.6 is 0 Å². The molecule has 1 saturated heterocycles. The van der Waals surface area contributed by atoms with Crippen molar-refractivity contribution in [2.75, 3.05) is 25.1 Å². The summed E-state index contributed by atoms with van der Waals surface area (Å²) in [5.74, 6) is 0.966. The Balaban J connectivity index is 2.40. The maximum absolute atomic E-state index is 5.55. The van der Waals surface area contributed by atoms with E-state index in [-0.39, 0.29) is 5.54 Å². The molecule has 0 saturated carbocycles. The number of hydrogen-bond donors (Lipinski definition) is 1. The molecular weight excluding hydrogens is 236 g/mol. The van der Waals surface area contributed by atoms with Gasteiger partial charge in [-0.2, -0.15) is 0 Å². The summed E-state index contributed by atoms with van der Waals surface area (Å²) in [5, 5.41) is 3.60. The zero-order valence-corrected chi connectivity index (χ0v) is 12.8. The van der Waals surface area contributed by atoms with Crippen LogP contribution in [0.2, 0.25) is 0 Å². The van der Waals surface area contributed by atoms with Crippen molar-refractivity contribution in [2.45, 2.75) is 45.7 Å². The van der Waals surface area contributed by atoms with E-state index < -0.39 is 0 Å². The molecule has 0 bridgehead atoms. The predicted octanol–water partition coefficient (Wildman–Crippen LogP) is 2.97. The van der Waals surface area contributed by atoms with Crippen LogP contribution in [-0.2, 0) is 0 Å². The van der Waals surface area contributed by atoms with Gasteiger partial charge in [0.05, 0.1) is 12.8 Å². The Hall–Kier alpha value is -1.22. The highest BCUT2D eigenvalue weighted by atomic mass is 16.5. The Bertz CT molecular complexity index is 442. The summed E-state index contributed by atoms with van der Waals surface area (Å²) in [4.78, 5) is 2.48. The summed E-state index contributed by atoms with van der Waals surface area (Å²) >= 11 is 0. The molecule has 1 unspecified atom stereocenters. The summed E-state index contributed by atoms with van der Waals surface area (Å²) in [6.45, 7) is 11.0. The minimum absolute atomic E-state index is 0.0891. The van der Waals surface area contributed by atoms with E-state index in [9.17, 15) is 0 Å². The Kier molecular flexibility index (Phi) is 4.04. The zero-order chi connectivity index (χ0) is 14.0. The Morgan fingerprint density at radius 3 is 2.79 bits per heavy atom. The fourth-order valence-electron chi connectivity index (χ4n) is 2.70. The molecule has 3 nitrogen and oxygen atoms in total. The molecule has 0 aromatic heterocycles. The molecule has 1 N–H and O–H groups in total. The van der Waals surface area contributed by atoms with E-state index in [1.807, 2.05) is 0 Å². The molecule has 0 radical (unpaired) electrons. The molecule has 0 amide bonds. The van der Waals surface area contributed by atoms with E-state index in [0.29, 0.717) is 6.04 Å². The van der Waals surface area contributed by atoms with Crippen LogP contribution in [0.1, 0.15) is 32.8 Å². The second kappa shape index (κ2) is 5.41. The van der Waals surface area contributed by atoms with Crippen molar-refractivity contribution < 1.29 is 4.74 Å². The molecule has 1 aromatic rings. The number of nitrogens with one attached hydrogen (secondary N) is 1. The number of methoxy groups -OCH3 is 1. The van der Waals surface area contributed by atoms with Gasteiger partial charge >= 0.3 is 0 Å². The average Bonchev–Trinajstić information content (AvgIpc) is 2.49. The van der Waals surface area contributed by atoms with Crippen molar-refractivity contribution >= 4 is 5.69 Å².